The van der Waals surface area contributed by atoms with Crippen molar-refractivity contribution < 1.29 is 65.9 Å². The molecule has 0 saturated carbocycles. The number of H-pyrrole nitrogens is 3. The van der Waals surface area contributed by atoms with Gasteiger partial charge in [-0.1, -0.05) is 0 Å². The first-order valence-corrected chi connectivity index (χ1v) is 23.7. The highest BCUT2D eigenvalue weighted by atomic mass is 19.2. The summed E-state index contributed by atoms with van der Waals surface area (Å²) in [6, 6.07) is 0. The van der Waals surface area contributed by atoms with Crippen molar-refractivity contribution >= 4 is 50.9 Å². The molecule has 0 aliphatic carbocycles. The van der Waals surface area contributed by atoms with Crippen LogP contribution in [0.3, 0.4) is 0 Å². The standard InChI is InChI=1S/C57H39F15N6/c1-13-19(7)52-53-20(8)15(3)48(75-53)29(26-33(60)39(66)44(71)40(67)34(26)61)49-17(5)23(11)56(77-49)57-24(12)18(6)51(78-57)30(27-35(62)41(68)45(72)42(69)36(27)63)50-16(4)22(10)55(76-50)54-21(9)14(2)47(74-54)28(46(13)73-52)25-31(58)37(64)43(70)38(65)32(25)59/h73,76-77H,1-12H3. The number of nitrogens with zero attached hydrogens (tertiary/aromatic N) is 3. The minimum atomic E-state index is -2.48. The van der Waals surface area contributed by atoms with Gasteiger partial charge in [-0.25, -0.2) is 80.8 Å². The minimum Gasteiger partial charge on any atom is -0.353 e. The van der Waals surface area contributed by atoms with E-state index >= 15 is 52.7 Å². The van der Waals surface area contributed by atoms with E-state index in [2.05, 4.69) is 15.0 Å². The second-order valence-electron chi connectivity index (χ2n) is 19.5. The number of rotatable bonds is 3. The highest BCUT2D eigenvalue weighted by Crippen LogP contribution is 2.40. The van der Waals surface area contributed by atoms with Crippen LogP contribution in [0.15, 0.2) is 48.4 Å². The highest BCUT2D eigenvalue weighted by Gasteiger charge is 2.38. The maximum atomic E-state index is 16.5. The summed E-state index contributed by atoms with van der Waals surface area (Å²) < 4.78 is 236. The number of aromatic nitrogens is 3. The molecule has 6 aromatic rings. The number of hydrogen-bond donors (Lipinski definition) is 3. The normalized spacial score (nSPS) is 15.8. The molecule has 12 bridgehead atoms. The van der Waals surface area contributed by atoms with E-state index in [1.807, 2.05) is 0 Å². The third kappa shape index (κ3) is 7.03. The molecule has 3 N–H and O–H groups in total. The van der Waals surface area contributed by atoms with Crippen LogP contribution in [0.2, 0.25) is 0 Å². The van der Waals surface area contributed by atoms with Crippen molar-refractivity contribution in [3.05, 3.63) is 203 Å². The number of aliphatic imine (C=N–C) groups is 3. The van der Waals surface area contributed by atoms with E-state index < -0.39 is 121 Å². The number of halogens is 15. The molecule has 7 heterocycles. The zero-order valence-corrected chi connectivity index (χ0v) is 43.0. The number of aromatic amines is 3. The predicted molar refractivity (Wildman–Crippen MR) is 262 cm³/mol. The molecule has 78 heavy (non-hydrogen) atoms. The van der Waals surface area contributed by atoms with Crippen LogP contribution in [0.1, 0.15) is 91.6 Å². The molecule has 0 spiro atoms. The van der Waals surface area contributed by atoms with Crippen molar-refractivity contribution in [2.75, 3.05) is 0 Å². The Morgan fingerprint density at radius 3 is 0.577 bits per heavy atom. The van der Waals surface area contributed by atoms with Gasteiger partial charge in [-0.3, -0.25) is 0 Å². The Balaban J connectivity index is 1.54. The van der Waals surface area contributed by atoms with Gasteiger partial charge in [-0.2, -0.15) is 0 Å². The molecule has 0 saturated heterocycles. The first-order valence-electron chi connectivity index (χ1n) is 23.7. The fraction of sp³-hybridized carbons (Fsp3) is 0.211. The molecule has 0 unspecified atom stereocenters. The third-order valence-electron chi connectivity index (χ3n) is 15.7. The smallest absolute Gasteiger partial charge is 0.200 e. The number of benzene rings is 3. The van der Waals surface area contributed by atoms with E-state index in [0.717, 1.165) is 0 Å². The van der Waals surface area contributed by atoms with Crippen molar-refractivity contribution in [2.24, 2.45) is 15.0 Å². The lowest BCUT2D eigenvalue weighted by Crippen LogP contribution is -2.24. The average molecular weight is 1090 g/mol. The Kier molecular flexibility index (Phi) is 12.3. The molecule has 0 radical (unpaired) electrons. The van der Waals surface area contributed by atoms with Crippen LogP contribution in [0, 0.1) is 129 Å². The lowest BCUT2D eigenvalue weighted by molar-refractivity contribution is 0.376. The first kappa shape index (κ1) is 53.3. The highest BCUT2D eigenvalue weighted by molar-refractivity contribution is 6.36. The Labute approximate surface area is 431 Å². The van der Waals surface area contributed by atoms with Gasteiger partial charge in [0.2, 0.25) is 17.5 Å². The first-order chi connectivity index (χ1) is 36.5. The molecule has 3 aromatic heterocycles. The van der Waals surface area contributed by atoms with E-state index in [9.17, 15) is 13.2 Å². The van der Waals surface area contributed by atoms with E-state index in [1.54, 1.807) is 0 Å². The Hall–Kier alpha value is -8.10. The molecule has 0 fully saturated rings. The largest absolute Gasteiger partial charge is 0.353 e. The molecule has 4 aliphatic heterocycles. The van der Waals surface area contributed by atoms with Gasteiger partial charge in [0.25, 0.3) is 0 Å². The van der Waals surface area contributed by atoms with Gasteiger partial charge in [0, 0.05) is 16.7 Å². The fourth-order valence-electron chi connectivity index (χ4n) is 10.4. The molecule has 10 rings (SSSR count). The van der Waals surface area contributed by atoms with Gasteiger partial charge in [-0.15, -0.1) is 0 Å². The molecule has 0 atom stereocenters. The maximum Gasteiger partial charge on any atom is 0.200 e. The number of nitrogens with one attached hydrogen (secondary N) is 3. The Bertz CT molecular complexity index is 4000. The second-order valence-corrected chi connectivity index (χ2v) is 19.5. The minimum absolute atomic E-state index is 0.0101. The van der Waals surface area contributed by atoms with Gasteiger partial charge < -0.3 is 15.0 Å². The number of allylic oxidation sites excluding steroid dienone is 3. The van der Waals surface area contributed by atoms with Crippen molar-refractivity contribution in [3.63, 3.8) is 0 Å². The van der Waals surface area contributed by atoms with E-state index in [-0.39, 0.29) is 133 Å². The van der Waals surface area contributed by atoms with Crippen LogP contribution in [0.4, 0.5) is 65.9 Å². The molecule has 3 aromatic carbocycles. The van der Waals surface area contributed by atoms with Crippen molar-refractivity contribution in [2.45, 2.75) is 83.1 Å². The van der Waals surface area contributed by atoms with Gasteiger partial charge in [-0.05, 0) is 150 Å². The maximum absolute atomic E-state index is 16.5. The SMILES string of the molecule is CC1=C(C)C2=c3[nH]c(c(C)c3C)=C(c3c(F)c(F)c(F)c(F)c3F)C3=NC(=c4[nH]c(c(C)c4C)=C(c4c(F)c(F)c(F)c(F)c4F)C4=NC(=c5[nH]c(c(C)c5C)=C(c5c(F)c(F)c(F)c(F)c5F)C1=N2)C(C)=C4C)C(C)=C3C. The fourth-order valence-corrected chi connectivity index (χ4v) is 10.4. The average Bonchev–Trinajstić information content (AvgIpc) is 4.40. The van der Waals surface area contributed by atoms with Crippen LogP contribution >= 0.6 is 0 Å². The summed E-state index contributed by atoms with van der Waals surface area (Å²) in [6.45, 7) is 17.5. The zero-order chi connectivity index (χ0) is 57.2. The number of hydrogen-bond acceptors (Lipinski definition) is 3. The Morgan fingerprint density at radius 1 is 0.218 bits per heavy atom. The van der Waals surface area contributed by atoms with Crippen molar-refractivity contribution in [1.29, 1.82) is 0 Å². The van der Waals surface area contributed by atoms with Crippen LogP contribution in [0.5, 0.6) is 0 Å². The van der Waals surface area contributed by atoms with E-state index in [0.29, 0.717) is 0 Å². The van der Waals surface area contributed by atoms with Gasteiger partial charge >= 0.3 is 0 Å². The third-order valence-corrected chi connectivity index (χ3v) is 15.7. The molecule has 6 nitrogen and oxygen atoms in total. The Morgan fingerprint density at radius 2 is 0.385 bits per heavy atom. The summed E-state index contributed by atoms with van der Waals surface area (Å²) in [5.74, 6) is -35.0. The topological polar surface area (TPSA) is 84.5 Å². The van der Waals surface area contributed by atoms with E-state index in [4.69, 9.17) is 15.0 Å². The summed E-state index contributed by atoms with van der Waals surface area (Å²) in [4.78, 5) is 23.4. The zero-order valence-electron chi connectivity index (χ0n) is 43.0. The summed E-state index contributed by atoms with van der Waals surface area (Å²) in [5, 5.41) is -0.843. The number of fused-ring (bicyclic) bond motifs is 9. The molecule has 0 amide bonds. The van der Waals surface area contributed by atoms with E-state index in [1.165, 1.54) is 83.1 Å². The molecule has 4 aliphatic rings. The van der Waals surface area contributed by atoms with Crippen molar-refractivity contribution in [1.82, 2.24) is 15.0 Å². The lowest BCUT2D eigenvalue weighted by atomic mass is 9.92. The molecular weight excluding hydrogens is 1050 g/mol. The second kappa shape index (κ2) is 18.0. The summed E-state index contributed by atoms with van der Waals surface area (Å²) in [5.41, 5.74) is -5.80. The summed E-state index contributed by atoms with van der Waals surface area (Å²) in [7, 11) is 0. The van der Waals surface area contributed by atoms with Gasteiger partial charge in [0.1, 0.15) is 0 Å². The van der Waals surface area contributed by atoms with Crippen LogP contribution < -0.4 is 32.1 Å². The summed E-state index contributed by atoms with van der Waals surface area (Å²) >= 11 is 0. The van der Waals surface area contributed by atoms with Crippen molar-refractivity contribution in [3.8, 4) is 0 Å². The van der Waals surface area contributed by atoms with Gasteiger partial charge in [0.05, 0.1) is 83.0 Å². The van der Waals surface area contributed by atoms with Crippen LogP contribution in [-0.2, 0) is 0 Å². The lowest BCUT2D eigenvalue weighted by Gasteiger charge is -2.13. The van der Waals surface area contributed by atoms with Crippen LogP contribution in [0.25, 0.3) is 33.8 Å². The summed E-state index contributed by atoms with van der Waals surface area (Å²) in [6.07, 6.45) is 0. The monoisotopic (exact) mass is 1090 g/mol. The predicted octanol–water partition coefficient (Wildman–Crippen LogP) is 10.3. The van der Waals surface area contributed by atoms with Gasteiger partial charge in [0.15, 0.2) is 69.8 Å². The molecule has 21 heteroatoms. The quantitative estimate of drug-likeness (QED) is 0.0897. The molecule has 402 valence electrons. The van der Waals surface area contributed by atoms with Crippen LogP contribution in [-0.4, -0.2) is 32.1 Å². The molecular formula is C57H39F15N6.